The van der Waals surface area contributed by atoms with Crippen molar-refractivity contribution in [2.45, 2.75) is 19.8 Å². The van der Waals surface area contributed by atoms with E-state index in [0.717, 1.165) is 45.8 Å². The summed E-state index contributed by atoms with van der Waals surface area (Å²) < 4.78 is 11.1. The zero-order chi connectivity index (χ0) is 25.7. The molecule has 186 valence electrons. The minimum atomic E-state index is -0.527. The molecule has 0 radical (unpaired) electrons. The minimum Gasteiger partial charge on any atom is -0.495 e. The first kappa shape index (κ1) is 25.6. The summed E-state index contributed by atoms with van der Waals surface area (Å²) >= 11 is 6.91. The van der Waals surface area contributed by atoms with E-state index in [0.29, 0.717) is 28.8 Å². The summed E-state index contributed by atoms with van der Waals surface area (Å²) in [5, 5.41) is 4.37. The number of nitrogens with one attached hydrogen (secondary N) is 1. The summed E-state index contributed by atoms with van der Waals surface area (Å²) in [6.45, 7) is 2.22. The SMILES string of the molecule is CCCCOc1ccc2ccccc2c1/C=C1\SC(=O)N(CC(=O)Nc2ccc(OC)c(Cl)c2)C1=O. The predicted octanol–water partition coefficient (Wildman–Crippen LogP) is 6.36. The number of hydrogen-bond acceptors (Lipinski definition) is 6. The van der Waals surface area contributed by atoms with E-state index in [1.165, 1.54) is 13.2 Å². The Morgan fingerprint density at radius 1 is 1.11 bits per heavy atom. The van der Waals surface area contributed by atoms with Gasteiger partial charge in [-0.25, -0.2) is 0 Å². The second-order valence-corrected chi connectivity index (χ2v) is 9.47. The zero-order valence-corrected chi connectivity index (χ0v) is 21.4. The number of methoxy groups -OCH3 is 1. The number of rotatable bonds is 9. The highest BCUT2D eigenvalue weighted by Crippen LogP contribution is 2.37. The van der Waals surface area contributed by atoms with Crippen LogP contribution in [-0.4, -0.2) is 42.2 Å². The Labute approximate surface area is 218 Å². The van der Waals surface area contributed by atoms with Crippen molar-refractivity contribution in [3.05, 3.63) is 70.1 Å². The van der Waals surface area contributed by atoms with Gasteiger partial charge < -0.3 is 14.8 Å². The van der Waals surface area contributed by atoms with Gasteiger partial charge in [-0.15, -0.1) is 0 Å². The molecule has 3 amide bonds. The largest absolute Gasteiger partial charge is 0.495 e. The Hall–Kier alpha value is -3.49. The van der Waals surface area contributed by atoms with Crippen LogP contribution in [0.5, 0.6) is 11.5 Å². The molecule has 36 heavy (non-hydrogen) atoms. The summed E-state index contributed by atoms with van der Waals surface area (Å²) in [4.78, 5) is 39.5. The molecule has 0 bridgehead atoms. The Balaban J connectivity index is 1.55. The average molecular weight is 525 g/mol. The first-order valence-corrected chi connectivity index (χ1v) is 12.6. The van der Waals surface area contributed by atoms with Crippen molar-refractivity contribution in [2.75, 3.05) is 25.6 Å². The number of thioether (sulfide) groups is 1. The van der Waals surface area contributed by atoms with E-state index in [-0.39, 0.29) is 4.91 Å². The van der Waals surface area contributed by atoms with Crippen LogP contribution in [0, 0.1) is 0 Å². The number of ether oxygens (including phenoxy) is 2. The van der Waals surface area contributed by atoms with Crippen molar-refractivity contribution in [3.8, 4) is 11.5 Å². The van der Waals surface area contributed by atoms with Gasteiger partial charge in [0.2, 0.25) is 5.91 Å². The summed E-state index contributed by atoms with van der Waals surface area (Å²) in [5.74, 6) is 0.0641. The quantitative estimate of drug-likeness (QED) is 0.259. The van der Waals surface area contributed by atoms with Crippen molar-refractivity contribution in [1.82, 2.24) is 4.90 Å². The lowest BCUT2D eigenvalue weighted by Gasteiger charge is -2.14. The number of fused-ring (bicyclic) bond motifs is 1. The van der Waals surface area contributed by atoms with Crippen molar-refractivity contribution in [3.63, 3.8) is 0 Å². The van der Waals surface area contributed by atoms with Crippen LogP contribution in [-0.2, 0) is 9.59 Å². The number of nitrogens with zero attached hydrogens (tertiary/aromatic N) is 1. The molecule has 7 nitrogen and oxygen atoms in total. The maximum atomic E-state index is 13.1. The lowest BCUT2D eigenvalue weighted by atomic mass is 10.0. The molecular weight excluding hydrogens is 500 g/mol. The number of carbonyl (C=O) groups is 3. The number of carbonyl (C=O) groups excluding carboxylic acids is 3. The fourth-order valence-corrected chi connectivity index (χ4v) is 4.81. The maximum absolute atomic E-state index is 13.1. The van der Waals surface area contributed by atoms with E-state index in [4.69, 9.17) is 21.1 Å². The van der Waals surface area contributed by atoms with Crippen molar-refractivity contribution < 1.29 is 23.9 Å². The van der Waals surface area contributed by atoms with Gasteiger partial charge in [-0.2, -0.15) is 0 Å². The highest BCUT2D eigenvalue weighted by molar-refractivity contribution is 8.18. The second kappa shape index (κ2) is 11.5. The van der Waals surface area contributed by atoms with Gasteiger partial charge in [0.1, 0.15) is 18.0 Å². The van der Waals surface area contributed by atoms with E-state index in [9.17, 15) is 14.4 Å². The molecular formula is C27H25ClN2O5S. The van der Waals surface area contributed by atoms with E-state index in [2.05, 4.69) is 12.2 Å². The third kappa shape index (κ3) is 5.66. The van der Waals surface area contributed by atoms with Crippen LogP contribution < -0.4 is 14.8 Å². The van der Waals surface area contributed by atoms with E-state index in [1.807, 2.05) is 36.4 Å². The van der Waals surface area contributed by atoms with Crippen LogP contribution >= 0.6 is 23.4 Å². The van der Waals surface area contributed by atoms with Gasteiger partial charge >= 0.3 is 0 Å². The van der Waals surface area contributed by atoms with Gasteiger partial charge in [0.25, 0.3) is 11.1 Å². The number of imide groups is 1. The maximum Gasteiger partial charge on any atom is 0.294 e. The second-order valence-electron chi connectivity index (χ2n) is 8.07. The molecule has 9 heteroatoms. The summed E-state index contributed by atoms with van der Waals surface area (Å²) in [5.41, 5.74) is 1.16. The van der Waals surface area contributed by atoms with Crippen LogP contribution in [0.2, 0.25) is 5.02 Å². The van der Waals surface area contributed by atoms with Crippen molar-refractivity contribution >= 4 is 63.0 Å². The van der Waals surface area contributed by atoms with Gasteiger partial charge in [0, 0.05) is 11.3 Å². The van der Waals surface area contributed by atoms with Gasteiger partial charge in [0.05, 0.1) is 23.6 Å². The summed E-state index contributed by atoms with van der Waals surface area (Å²) in [6, 6.07) is 16.4. The molecule has 4 rings (SSSR count). The van der Waals surface area contributed by atoms with Gasteiger partial charge in [-0.1, -0.05) is 55.3 Å². The summed E-state index contributed by atoms with van der Waals surface area (Å²) in [7, 11) is 1.49. The number of benzene rings is 3. The van der Waals surface area contributed by atoms with Crippen LogP contribution in [0.1, 0.15) is 25.3 Å². The number of anilines is 1. The Bertz CT molecular complexity index is 1360. The third-order valence-corrected chi connectivity index (χ3v) is 6.78. The molecule has 1 aliphatic rings. The van der Waals surface area contributed by atoms with Gasteiger partial charge in [-0.05, 0) is 59.3 Å². The Kier molecular flexibility index (Phi) is 8.18. The highest BCUT2D eigenvalue weighted by Gasteiger charge is 2.36. The van der Waals surface area contributed by atoms with Crippen molar-refractivity contribution in [1.29, 1.82) is 0 Å². The van der Waals surface area contributed by atoms with E-state index >= 15 is 0 Å². The molecule has 3 aromatic carbocycles. The Morgan fingerprint density at radius 2 is 1.89 bits per heavy atom. The molecule has 0 aromatic heterocycles. The molecule has 1 N–H and O–H groups in total. The first-order chi connectivity index (χ1) is 17.4. The number of unbranched alkanes of at least 4 members (excludes halogenated alkanes) is 1. The molecule has 3 aromatic rings. The molecule has 1 aliphatic heterocycles. The van der Waals surface area contributed by atoms with Crippen molar-refractivity contribution in [2.24, 2.45) is 0 Å². The molecule has 0 unspecified atom stereocenters. The topological polar surface area (TPSA) is 84.9 Å². The Morgan fingerprint density at radius 3 is 2.64 bits per heavy atom. The monoisotopic (exact) mass is 524 g/mol. The third-order valence-electron chi connectivity index (χ3n) is 5.57. The minimum absolute atomic E-state index is 0.233. The fraction of sp³-hybridized carbons (Fsp3) is 0.222. The molecule has 0 atom stereocenters. The summed E-state index contributed by atoms with van der Waals surface area (Å²) in [6.07, 6.45) is 3.57. The molecule has 0 saturated carbocycles. The van der Waals surface area contributed by atoms with Gasteiger partial charge in [-0.3, -0.25) is 19.3 Å². The highest BCUT2D eigenvalue weighted by atomic mass is 35.5. The van der Waals surface area contributed by atoms with Gasteiger partial charge in [0.15, 0.2) is 0 Å². The van der Waals surface area contributed by atoms with Crippen LogP contribution in [0.4, 0.5) is 10.5 Å². The molecule has 0 spiro atoms. The number of amides is 3. The van der Waals surface area contributed by atoms with Crippen LogP contribution in [0.3, 0.4) is 0 Å². The molecule has 1 fully saturated rings. The fourth-order valence-electron chi connectivity index (χ4n) is 3.73. The van der Waals surface area contributed by atoms with E-state index in [1.54, 1.807) is 18.2 Å². The predicted molar refractivity (Wildman–Crippen MR) is 144 cm³/mol. The smallest absolute Gasteiger partial charge is 0.294 e. The first-order valence-electron chi connectivity index (χ1n) is 11.4. The van der Waals surface area contributed by atoms with Crippen LogP contribution in [0.15, 0.2) is 59.5 Å². The van der Waals surface area contributed by atoms with Crippen LogP contribution in [0.25, 0.3) is 16.8 Å². The number of halogens is 1. The average Bonchev–Trinajstić information content (AvgIpc) is 3.12. The standard InChI is InChI=1S/C27H25ClN2O5S/c1-3-4-13-35-22-11-9-17-7-5-6-8-19(17)20(22)15-24-26(32)30(27(33)36-24)16-25(31)29-18-10-12-23(34-2)21(28)14-18/h5-12,14-15H,3-4,13,16H2,1-2H3,(H,29,31)/b24-15-. The lowest BCUT2D eigenvalue weighted by molar-refractivity contribution is -0.127. The zero-order valence-electron chi connectivity index (χ0n) is 19.9. The van der Waals surface area contributed by atoms with E-state index < -0.39 is 23.6 Å². The molecule has 1 saturated heterocycles. The molecule has 0 aliphatic carbocycles. The number of hydrogen-bond donors (Lipinski definition) is 1. The lowest BCUT2D eigenvalue weighted by Crippen LogP contribution is -2.36. The normalized spacial score (nSPS) is 14.5. The molecule has 1 heterocycles.